The van der Waals surface area contributed by atoms with E-state index in [9.17, 15) is 0 Å². The minimum absolute atomic E-state index is 0.146. The van der Waals surface area contributed by atoms with Gasteiger partial charge in [-0.1, -0.05) is 38.3 Å². The highest BCUT2D eigenvalue weighted by Crippen LogP contribution is 2.26. The fraction of sp³-hybridized carbons (Fsp3) is 0.867. The highest BCUT2D eigenvalue weighted by atomic mass is 14.9. The van der Waals surface area contributed by atoms with E-state index in [1.165, 1.54) is 31.3 Å². The van der Waals surface area contributed by atoms with Crippen LogP contribution < -0.4 is 16.8 Å². The second-order valence-corrected chi connectivity index (χ2v) is 6.25. The number of hydrogen-bond acceptors (Lipinski definition) is 3. The first-order valence-corrected chi connectivity index (χ1v) is 7.40. The lowest BCUT2D eigenvalue weighted by Crippen LogP contribution is -2.41. The van der Waals surface area contributed by atoms with E-state index in [0.717, 1.165) is 13.0 Å². The molecular formula is C15H31N3. The molecule has 0 aromatic heterocycles. The van der Waals surface area contributed by atoms with Crippen molar-refractivity contribution in [3.63, 3.8) is 0 Å². The van der Waals surface area contributed by atoms with Gasteiger partial charge in [0.2, 0.25) is 0 Å². The molecule has 0 amide bonds. The van der Waals surface area contributed by atoms with Crippen LogP contribution in [0.25, 0.3) is 0 Å². The van der Waals surface area contributed by atoms with Crippen LogP contribution >= 0.6 is 0 Å². The Morgan fingerprint density at radius 2 is 2.06 bits per heavy atom. The van der Waals surface area contributed by atoms with Crippen molar-refractivity contribution in [3.05, 3.63) is 11.6 Å². The summed E-state index contributed by atoms with van der Waals surface area (Å²) in [5, 5.41) is 3.58. The minimum atomic E-state index is -0.146. The summed E-state index contributed by atoms with van der Waals surface area (Å²) < 4.78 is 0. The normalized spacial score (nSPS) is 30.4. The van der Waals surface area contributed by atoms with Crippen molar-refractivity contribution < 1.29 is 0 Å². The van der Waals surface area contributed by atoms with Crippen LogP contribution in [-0.4, -0.2) is 24.7 Å². The van der Waals surface area contributed by atoms with Gasteiger partial charge in [-0.25, -0.2) is 0 Å². The molecule has 0 aromatic carbocycles. The lowest BCUT2D eigenvalue weighted by molar-refractivity contribution is 0.411. The van der Waals surface area contributed by atoms with Gasteiger partial charge in [0.05, 0.1) is 0 Å². The van der Waals surface area contributed by atoms with Crippen molar-refractivity contribution in [1.82, 2.24) is 5.32 Å². The minimum Gasteiger partial charge on any atom is -0.329 e. The monoisotopic (exact) mass is 253 g/mol. The molecule has 5 N–H and O–H groups in total. The van der Waals surface area contributed by atoms with Crippen LogP contribution in [0.2, 0.25) is 0 Å². The molecule has 3 heteroatoms. The van der Waals surface area contributed by atoms with Crippen molar-refractivity contribution in [1.29, 1.82) is 0 Å². The van der Waals surface area contributed by atoms with E-state index in [0.29, 0.717) is 18.5 Å². The van der Waals surface area contributed by atoms with E-state index in [-0.39, 0.29) is 5.54 Å². The molecule has 18 heavy (non-hydrogen) atoms. The maximum Gasteiger partial charge on any atom is 0.0313 e. The van der Waals surface area contributed by atoms with Gasteiger partial charge >= 0.3 is 0 Å². The van der Waals surface area contributed by atoms with Crippen molar-refractivity contribution in [2.45, 2.75) is 64.5 Å². The number of nitrogens with one attached hydrogen (secondary N) is 1. The topological polar surface area (TPSA) is 64.1 Å². The summed E-state index contributed by atoms with van der Waals surface area (Å²) in [5.74, 6) is 0.582. The van der Waals surface area contributed by atoms with E-state index in [4.69, 9.17) is 11.5 Å². The molecule has 0 radical (unpaired) electrons. The summed E-state index contributed by atoms with van der Waals surface area (Å²) in [4.78, 5) is 0. The van der Waals surface area contributed by atoms with Crippen molar-refractivity contribution in [2.24, 2.45) is 17.4 Å². The number of nitrogens with two attached hydrogens (primary N) is 2. The SMILES string of the molecule is CC(C)C(NCCN)/C1=C\C(C)(N)CCCCC1. The molecule has 0 aromatic rings. The fourth-order valence-electron chi connectivity index (χ4n) is 2.86. The molecule has 0 aliphatic heterocycles. The molecule has 0 saturated heterocycles. The third-order valence-corrected chi connectivity index (χ3v) is 3.77. The molecule has 106 valence electrons. The Morgan fingerprint density at radius 1 is 1.33 bits per heavy atom. The summed E-state index contributed by atoms with van der Waals surface area (Å²) in [6.45, 7) is 8.25. The lowest BCUT2D eigenvalue weighted by Gasteiger charge is -2.31. The van der Waals surface area contributed by atoms with Crippen LogP contribution in [-0.2, 0) is 0 Å². The Kier molecular flexibility index (Phi) is 6.33. The summed E-state index contributed by atoms with van der Waals surface area (Å²) in [7, 11) is 0. The number of hydrogen-bond donors (Lipinski definition) is 3. The van der Waals surface area contributed by atoms with E-state index in [1.807, 2.05) is 0 Å². The zero-order valence-electron chi connectivity index (χ0n) is 12.3. The average molecular weight is 253 g/mol. The highest BCUT2D eigenvalue weighted by molar-refractivity contribution is 5.19. The smallest absolute Gasteiger partial charge is 0.0313 e. The van der Waals surface area contributed by atoms with E-state index < -0.39 is 0 Å². The van der Waals surface area contributed by atoms with E-state index in [2.05, 4.69) is 32.2 Å². The Morgan fingerprint density at radius 3 is 2.67 bits per heavy atom. The maximum absolute atomic E-state index is 6.38. The zero-order chi connectivity index (χ0) is 13.6. The van der Waals surface area contributed by atoms with Crippen molar-refractivity contribution in [2.75, 3.05) is 13.1 Å². The second kappa shape index (κ2) is 7.27. The molecule has 2 atom stereocenters. The van der Waals surface area contributed by atoms with Gasteiger partial charge in [-0.3, -0.25) is 0 Å². The van der Waals surface area contributed by atoms with Crippen LogP contribution in [0.15, 0.2) is 11.6 Å². The molecule has 2 unspecified atom stereocenters. The fourth-order valence-corrected chi connectivity index (χ4v) is 2.86. The molecule has 0 fully saturated rings. The third-order valence-electron chi connectivity index (χ3n) is 3.77. The molecule has 3 nitrogen and oxygen atoms in total. The van der Waals surface area contributed by atoms with Gasteiger partial charge in [0, 0.05) is 24.7 Å². The Balaban J connectivity index is 2.84. The number of rotatable bonds is 5. The Labute approximate surface area is 112 Å². The highest BCUT2D eigenvalue weighted by Gasteiger charge is 2.23. The molecule has 0 spiro atoms. The van der Waals surface area contributed by atoms with Gasteiger partial charge in [-0.2, -0.15) is 0 Å². The lowest BCUT2D eigenvalue weighted by atomic mass is 9.83. The summed E-state index contributed by atoms with van der Waals surface area (Å²) in [5.41, 5.74) is 13.3. The largest absolute Gasteiger partial charge is 0.329 e. The Bertz CT molecular complexity index is 269. The van der Waals surface area contributed by atoms with Crippen molar-refractivity contribution >= 4 is 0 Å². The van der Waals surface area contributed by atoms with Gasteiger partial charge in [-0.05, 0) is 32.1 Å². The predicted octanol–water partition coefficient (Wildman–Crippen LogP) is 2.17. The van der Waals surface area contributed by atoms with Gasteiger partial charge in [0.1, 0.15) is 0 Å². The summed E-state index contributed by atoms with van der Waals surface area (Å²) in [6, 6.07) is 0.425. The first-order valence-electron chi connectivity index (χ1n) is 7.40. The van der Waals surface area contributed by atoms with Crippen LogP contribution in [0.4, 0.5) is 0 Å². The first kappa shape index (κ1) is 15.7. The van der Waals surface area contributed by atoms with E-state index in [1.54, 1.807) is 0 Å². The molecule has 0 heterocycles. The van der Waals surface area contributed by atoms with Crippen LogP contribution in [0.1, 0.15) is 52.9 Å². The molecular weight excluding hydrogens is 222 g/mol. The molecule has 0 saturated carbocycles. The van der Waals surface area contributed by atoms with Gasteiger partial charge < -0.3 is 16.8 Å². The second-order valence-electron chi connectivity index (χ2n) is 6.25. The van der Waals surface area contributed by atoms with Gasteiger partial charge in [-0.15, -0.1) is 0 Å². The Hall–Kier alpha value is -0.380. The van der Waals surface area contributed by atoms with Gasteiger partial charge in [0.15, 0.2) is 0 Å². The van der Waals surface area contributed by atoms with Crippen LogP contribution in [0.3, 0.4) is 0 Å². The zero-order valence-corrected chi connectivity index (χ0v) is 12.3. The van der Waals surface area contributed by atoms with Crippen LogP contribution in [0, 0.1) is 5.92 Å². The van der Waals surface area contributed by atoms with Gasteiger partial charge in [0.25, 0.3) is 0 Å². The molecule has 1 aliphatic carbocycles. The average Bonchev–Trinajstić information content (AvgIpc) is 2.25. The third kappa shape index (κ3) is 5.09. The van der Waals surface area contributed by atoms with Crippen LogP contribution in [0.5, 0.6) is 0 Å². The predicted molar refractivity (Wildman–Crippen MR) is 79.4 cm³/mol. The molecule has 1 rings (SSSR count). The van der Waals surface area contributed by atoms with E-state index >= 15 is 0 Å². The maximum atomic E-state index is 6.38. The van der Waals surface area contributed by atoms with Crippen molar-refractivity contribution in [3.8, 4) is 0 Å². The molecule has 0 bridgehead atoms. The standard InChI is InChI=1S/C15H31N3/c1-12(2)14(18-10-9-16)13-7-5-4-6-8-15(3,17)11-13/h11-12,14,18H,4-10,16-17H2,1-3H3/b13-11-. The summed E-state index contributed by atoms with van der Waals surface area (Å²) >= 11 is 0. The summed E-state index contributed by atoms with van der Waals surface area (Å²) in [6.07, 6.45) is 8.42. The first-order chi connectivity index (χ1) is 8.46. The molecule has 1 aliphatic rings. The quantitative estimate of drug-likeness (QED) is 0.658.